The lowest BCUT2D eigenvalue weighted by Crippen LogP contribution is -2.12. The van der Waals surface area contributed by atoms with E-state index in [-0.39, 0.29) is 27.9 Å². The molecule has 0 saturated heterocycles. The predicted octanol–water partition coefficient (Wildman–Crippen LogP) is 13.6. The van der Waals surface area contributed by atoms with Gasteiger partial charge >= 0.3 is 6.18 Å². The number of aryl methyl sites for hydroxylation is 2. The van der Waals surface area contributed by atoms with E-state index in [1.54, 1.807) is 12.1 Å². The SMILES string of the molecule is Cn1c2ccccc2c2ccc3c4ccccc4n(-c4ccc(-c5c(C#N)cccc5C(F)(F)F)c(-n5c6ccccc6c6ccc7c8ccccc8n(C)c7c65)c4C#N)c3c21. The first-order valence-corrected chi connectivity index (χ1v) is 20.2. The van der Waals surface area contributed by atoms with Crippen LogP contribution in [0.25, 0.3) is 110 Å². The van der Waals surface area contributed by atoms with E-state index in [0.717, 1.165) is 87.8 Å². The van der Waals surface area contributed by atoms with Gasteiger partial charge in [0.15, 0.2) is 0 Å². The summed E-state index contributed by atoms with van der Waals surface area (Å²) < 4.78 is 54.3. The molecule has 0 bridgehead atoms. The number of nitrogens with zero attached hydrogens (tertiary/aromatic N) is 6. The first-order valence-electron chi connectivity index (χ1n) is 20.2. The van der Waals surface area contributed by atoms with Gasteiger partial charge in [-0.05, 0) is 42.5 Å². The van der Waals surface area contributed by atoms with Crippen LogP contribution in [-0.2, 0) is 20.3 Å². The fourth-order valence-corrected chi connectivity index (χ4v) is 10.4. The van der Waals surface area contributed by atoms with Crippen LogP contribution in [0.2, 0.25) is 0 Å². The molecular weight excluding hydrogens is 778 g/mol. The third kappa shape index (κ3) is 4.57. The van der Waals surface area contributed by atoms with Crippen molar-refractivity contribution in [3.63, 3.8) is 0 Å². The molecule has 0 N–H and O–H groups in total. The van der Waals surface area contributed by atoms with Gasteiger partial charge in [0, 0.05) is 79.3 Å². The van der Waals surface area contributed by atoms with Crippen LogP contribution < -0.4 is 0 Å². The highest BCUT2D eigenvalue weighted by molar-refractivity contribution is 6.25. The number of nitriles is 2. The van der Waals surface area contributed by atoms with Crippen molar-refractivity contribution in [3.8, 4) is 34.6 Å². The molecule has 12 aromatic rings. The van der Waals surface area contributed by atoms with Crippen LogP contribution in [0.3, 0.4) is 0 Å². The standard InChI is InChI=1S/C53H31F3N6/c1-59-42-18-7-3-13-31(42)35-22-24-37-33-15-5-9-20-44(33)61(51(37)49(35)59)46-27-26-39(47-30(28-57)12-11-17-41(47)53(54,55)56)48(40(46)29-58)62-45-21-10-6-16-34(45)38-25-23-36-32-14-4-8-19-43(32)60(2)50(36)52(38)62/h3-27H,1-2H3. The van der Waals surface area contributed by atoms with E-state index in [1.807, 2.05) is 85.4 Å². The molecule has 4 aromatic heterocycles. The molecule has 9 heteroatoms. The van der Waals surface area contributed by atoms with Crippen molar-refractivity contribution in [1.29, 1.82) is 10.5 Å². The molecule has 0 aliphatic heterocycles. The number of para-hydroxylation sites is 4. The Kier molecular flexibility index (Phi) is 7.26. The van der Waals surface area contributed by atoms with Crippen molar-refractivity contribution in [2.45, 2.75) is 6.18 Å². The van der Waals surface area contributed by atoms with Crippen molar-refractivity contribution in [1.82, 2.24) is 18.3 Å². The summed E-state index contributed by atoms with van der Waals surface area (Å²) in [6.07, 6.45) is -4.82. The van der Waals surface area contributed by atoms with Crippen LogP contribution >= 0.6 is 0 Å². The van der Waals surface area contributed by atoms with Crippen LogP contribution in [0.15, 0.2) is 152 Å². The molecule has 0 aliphatic rings. The predicted molar refractivity (Wildman–Crippen MR) is 243 cm³/mol. The zero-order valence-corrected chi connectivity index (χ0v) is 33.3. The molecule has 6 nitrogen and oxygen atoms in total. The second-order valence-electron chi connectivity index (χ2n) is 15.9. The Bertz CT molecular complexity index is 4030. The minimum absolute atomic E-state index is 0.115. The van der Waals surface area contributed by atoms with Gasteiger partial charge < -0.3 is 18.3 Å². The summed E-state index contributed by atoms with van der Waals surface area (Å²) in [5, 5.41) is 30.1. The Balaban J connectivity index is 1.34. The Labute approximate surface area is 351 Å². The molecule has 62 heavy (non-hydrogen) atoms. The average Bonchev–Trinajstić information content (AvgIpc) is 4.00. The van der Waals surface area contributed by atoms with Gasteiger partial charge in [-0.15, -0.1) is 0 Å². The fraction of sp³-hybridized carbons (Fsp3) is 0.0566. The second-order valence-corrected chi connectivity index (χ2v) is 15.9. The molecule has 0 saturated carbocycles. The average molecular weight is 809 g/mol. The van der Waals surface area contributed by atoms with Crippen molar-refractivity contribution >= 4 is 87.2 Å². The molecule has 8 aromatic carbocycles. The monoisotopic (exact) mass is 808 g/mol. The summed E-state index contributed by atoms with van der Waals surface area (Å²) in [5.74, 6) is 0. The third-order valence-electron chi connectivity index (χ3n) is 12.9. The molecule has 0 aliphatic carbocycles. The number of rotatable bonds is 3. The molecule has 0 amide bonds. The first-order chi connectivity index (χ1) is 30.2. The van der Waals surface area contributed by atoms with Gasteiger partial charge in [0.05, 0.1) is 61.7 Å². The van der Waals surface area contributed by atoms with Crippen LogP contribution in [0.5, 0.6) is 0 Å². The fourth-order valence-electron chi connectivity index (χ4n) is 10.4. The zero-order chi connectivity index (χ0) is 42.2. The molecule has 0 fully saturated rings. The van der Waals surface area contributed by atoms with Crippen LogP contribution in [-0.4, -0.2) is 18.3 Å². The molecule has 0 unspecified atom stereocenters. The van der Waals surface area contributed by atoms with E-state index in [1.165, 1.54) is 12.1 Å². The van der Waals surface area contributed by atoms with Gasteiger partial charge in [0.1, 0.15) is 11.6 Å². The highest BCUT2D eigenvalue weighted by Crippen LogP contribution is 2.48. The summed E-state index contributed by atoms with van der Waals surface area (Å²) >= 11 is 0. The normalized spacial score (nSPS) is 12.2. The smallest absolute Gasteiger partial charge is 0.342 e. The molecule has 294 valence electrons. The van der Waals surface area contributed by atoms with E-state index in [0.29, 0.717) is 11.2 Å². The molecule has 4 heterocycles. The Morgan fingerprint density at radius 3 is 1.39 bits per heavy atom. The molecule has 0 radical (unpaired) electrons. The Morgan fingerprint density at radius 1 is 0.435 bits per heavy atom. The Morgan fingerprint density at radius 2 is 0.887 bits per heavy atom. The van der Waals surface area contributed by atoms with Gasteiger partial charge in [-0.2, -0.15) is 23.7 Å². The first kappa shape index (κ1) is 35.7. The minimum Gasteiger partial charge on any atom is -0.342 e. The van der Waals surface area contributed by atoms with Gasteiger partial charge in [0.2, 0.25) is 0 Å². The van der Waals surface area contributed by atoms with Crippen LogP contribution in [0.4, 0.5) is 13.2 Å². The molecule has 12 rings (SSSR count). The summed E-state index contributed by atoms with van der Waals surface area (Å²) in [4.78, 5) is 0. The molecule has 0 spiro atoms. The summed E-state index contributed by atoms with van der Waals surface area (Å²) in [6, 6.07) is 52.3. The summed E-state index contributed by atoms with van der Waals surface area (Å²) in [7, 11) is 4.03. The molecule has 0 atom stereocenters. The van der Waals surface area contributed by atoms with Crippen molar-refractivity contribution in [3.05, 3.63) is 168 Å². The lowest BCUT2D eigenvalue weighted by Gasteiger charge is -2.23. The second kappa shape index (κ2) is 12.6. The van der Waals surface area contributed by atoms with Gasteiger partial charge in [-0.3, -0.25) is 0 Å². The quantitative estimate of drug-likeness (QED) is 0.178. The topological polar surface area (TPSA) is 67.3 Å². The van der Waals surface area contributed by atoms with E-state index in [4.69, 9.17) is 0 Å². The van der Waals surface area contributed by atoms with Crippen molar-refractivity contribution in [2.24, 2.45) is 14.1 Å². The highest BCUT2D eigenvalue weighted by atomic mass is 19.4. The van der Waals surface area contributed by atoms with Crippen LogP contribution in [0, 0.1) is 22.7 Å². The lowest BCUT2D eigenvalue weighted by molar-refractivity contribution is -0.137. The minimum atomic E-state index is -4.82. The van der Waals surface area contributed by atoms with E-state index in [9.17, 15) is 10.5 Å². The number of alkyl halides is 3. The number of aromatic nitrogens is 4. The lowest BCUT2D eigenvalue weighted by atomic mass is 9.90. The number of hydrogen-bond donors (Lipinski definition) is 0. The number of hydrogen-bond acceptors (Lipinski definition) is 2. The van der Waals surface area contributed by atoms with Crippen molar-refractivity contribution in [2.75, 3.05) is 0 Å². The van der Waals surface area contributed by atoms with Gasteiger partial charge in [-0.25, -0.2) is 0 Å². The largest absolute Gasteiger partial charge is 0.417 e. The van der Waals surface area contributed by atoms with Gasteiger partial charge in [-0.1, -0.05) is 109 Å². The summed E-state index contributed by atoms with van der Waals surface area (Å²) in [6.45, 7) is 0. The summed E-state index contributed by atoms with van der Waals surface area (Å²) in [5.41, 5.74) is 6.60. The van der Waals surface area contributed by atoms with Gasteiger partial charge in [0.25, 0.3) is 0 Å². The maximum Gasteiger partial charge on any atom is 0.417 e. The van der Waals surface area contributed by atoms with E-state index in [2.05, 4.69) is 80.4 Å². The number of benzene rings is 8. The maximum atomic E-state index is 15.3. The highest BCUT2D eigenvalue weighted by Gasteiger charge is 2.37. The number of fused-ring (bicyclic) bond motifs is 14. The van der Waals surface area contributed by atoms with E-state index >= 15 is 13.2 Å². The van der Waals surface area contributed by atoms with Crippen molar-refractivity contribution < 1.29 is 13.2 Å². The zero-order valence-electron chi connectivity index (χ0n) is 33.3. The Hall–Kier alpha value is -8.27. The van der Waals surface area contributed by atoms with E-state index < -0.39 is 11.7 Å². The number of halogens is 3. The van der Waals surface area contributed by atoms with Crippen LogP contribution in [0.1, 0.15) is 16.7 Å². The molecular formula is C53H31F3N6. The third-order valence-corrected chi connectivity index (χ3v) is 12.9. The maximum absolute atomic E-state index is 15.3.